The summed E-state index contributed by atoms with van der Waals surface area (Å²) in [7, 11) is 0. The van der Waals surface area contributed by atoms with Gasteiger partial charge < -0.3 is 15.2 Å². The largest absolute Gasteiger partial charge is 0.342 e. The molecule has 7 nitrogen and oxygen atoms in total. The fourth-order valence-electron chi connectivity index (χ4n) is 3.59. The van der Waals surface area contributed by atoms with Gasteiger partial charge in [-0.3, -0.25) is 9.59 Å². The molecule has 2 N–H and O–H groups in total. The van der Waals surface area contributed by atoms with Crippen molar-refractivity contribution in [2.24, 2.45) is 0 Å². The quantitative estimate of drug-likeness (QED) is 0.437. The molecule has 0 spiro atoms. The van der Waals surface area contributed by atoms with E-state index in [-0.39, 0.29) is 23.6 Å². The smallest absolute Gasteiger partial charge is 0.251 e. The van der Waals surface area contributed by atoms with Crippen LogP contribution in [-0.4, -0.2) is 32.3 Å². The molecule has 0 saturated carbocycles. The number of rotatable bonds is 9. The Bertz CT molecular complexity index is 1130. The number of hydrogen-bond acceptors (Lipinski definition) is 5. The lowest BCUT2D eigenvalue weighted by Crippen LogP contribution is -2.28. The number of carbonyl (C=O) groups excluding carboxylic acids is 2. The molecule has 3 rings (SSSR count). The van der Waals surface area contributed by atoms with E-state index in [4.69, 9.17) is 0 Å². The molecule has 0 unspecified atom stereocenters. The summed E-state index contributed by atoms with van der Waals surface area (Å²) in [5.74, 6) is 0.938. The normalized spacial score (nSPS) is 11.9. The second-order valence-corrected chi connectivity index (χ2v) is 9.17. The number of anilines is 1. The Labute approximate surface area is 199 Å². The average Bonchev–Trinajstić information content (AvgIpc) is 3.21. The van der Waals surface area contributed by atoms with E-state index >= 15 is 0 Å². The van der Waals surface area contributed by atoms with E-state index in [0.717, 1.165) is 16.8 Å². The molecule has 0 bridgehead atoms. The lowest BCUT2D eigenvalue weighted by molar-refractivity contribution is -0.113. The number of nitrogens with one attached hydrogen (secondary N) is 2. The third-order valence-corrected chi connectivity index (χ3v) is 6.23. The number of hydrogen-bond donors (Lipinski definition) is 2. The van der Waals surface area contributed by atoms with Crippen LogP contribution in [0.1, 0.15) is 67.0 Å². The van der Waals surface area contributed by atoms with Crippen molar-refractivity contribution in [2.45, 2.75) is 58.3 Å². The molecular formula is C25H31N5O2S. The predicted molar refractivity (Wildman–Crippen MR) is 133 cm³/mol. The SMILES string of the molecule is CCn1c(SCC(=O)Nc2ccccc2C(C)C)nnc1[C@H](C)NC(=O)c1cccc(C)c1. The van der Waals surface area contributed by atoms with E-state index in [1.807, 2.05) is 67.8 Å². The summed E-state index contributed by atoms with van der Waals surface area (Å²) in [6.45, 7) is 10.7. The first-order chi connectivity index (χ1) is 15.8. The lowest BCUT2D eigenvalue weighted by Gasteiger charge is -2.15. The van der Waals surface area contributed by atoms with Crippen LogP contribution in [0.5, 0.6) is 0 Å². The van der Waals surface area contributed by atoms with Gasteiger partial charge in [0.25, 0.3) is 5.91 Å². The number of aryl methyl sites for hydroxylation is 1. The lowest BCUT2D eigenvalue weighted by atomic mass is 10.0. The van der Waals surface area contributed by atoms with Crippen LogP contribution >= 0.6 is 11.8 Å². The summed E-state index contributed by atoms with van der Waals surface area (Å²) in [5.41, 5.74) is 3.58. The molecule has 0 radical (unpaired) electrons. The van der Waals surface area contributed by atoms with Crippen molar-refractivity contribution < 1.29 is 9.59 Å². The molecule has 3 aromatic rings. The summed E-state index contributed by atoms with van der Waals surface area (Å²) in [4.78, 5) is 25.2. The standard InChI is InChI=1S/C25H31N5O2S/c1-6-30-23(18(5)26-24(32)19-11-9-10-17(4)14-19)28-29-25(30)33-15-22(31)27-21-13-8-7-12-20(21)16(2)3/h7-14,16,18H,6,15H2,1-5H3,(H,26,32)(H,27,31)/t18-/m0/s1. The highest BCUT2D eigenvalue weighted by Gasteiger charge is 2.20. The summed E-state index contributed by atoms with van der Waals surface area (Å²) >= 11 is 1.33. The monoisotopic (exact) mass is 465 g/mol. The van der Waals surface area contributed by atoms with Crippen molar-refractivity contribution >= 4 is 29.3 Å². The Morgan fingerprint density at radius 3 is 2.52 bits per heavy atom. The van der Waals surface area contributed by atoms with E-state index < -0.39 is 0 Å². The third-order valence-electron chi connectivity index (χ3n) is 5.27. The van der Waals surface area contributed by atoms with Gasteiger partial charge in [0.2, 0.25) is 5.91 Å². The molecule has 174 valence electrons. The highest BCUT2D eigenvalue weighted by Crippen LogP contribution is 2.25. The van der Waals surface area contributed by atoms with Crippen LogP contribution in [0.25, 0.3) is 0 Å². The molecule has 0 aliphatic rings. The molecule has 2 amide bonds. The Hall–Kier alpha value is -3.13. The second-order valence-electron chi connectivity index (χ2n) is 8.23. The first-order valence-electron chi connectivity index (χ1n) is 11.1. The fourth-order valence-corrected chi connectivity index (χ4v) is 4.40. The molecule has 1 heterocycles. The van der Waals surface area contributed by atoms with Crippen molar-refractivity contribution in [3.8, 4) is 0 Å². The van der Waals surface area contributed by atoms with E-state index in [9.17, 15) is 9.59 Å². The Morgan fingerprint density at radius 2 is 1.82 bits per heavy atom. The predicted octanol–water partition coefficient (Wildman–Crippen LogP) is 4.95. The van der Waals surface area contributed by atoms with Crippen LogP contribution in [-0.2, 0) is 11.3 Å². The number of nitrogens with zero attached hydrogens (tertiary/aromatic N) is 3. The van der Waals surface area contributed by atoms with Gasteiger partial charge in [0.1, 0.15) is 0 Å². The van der Waals surface area contributed by atoms with Crippen molar-refractivity contribution in [1.29, 1.82) is 0 Å². The number of thioether (sulfide) groups is 1. The Kier molecular flexibility index (Phi) is 8.27. The van der Waals surface area contributed by atoms with Gasteiger partial charge in [-0.15, -0.1) is 10.2 Å². The molecule has 0 aliphatic carbocycles. The van der Waals surface area contributed by atoms with Crippen molar-refractivity contribution in [3.05, 3.63) is 71.0 Å². The number of benzene rings is 2. The topological polar surface area (TPSA) is 88.9 Å². The van der Waals surface area contributed by atoms with Crippen LogP contribution in [0.15, 0.2) is 53.7 Å². The molecule has 1 aromatic heterocycles. The van der Waals surface area contributed by atoms with Crippen molar-refractivity contribution in [1.82, 2.24) is 20.1 Å². The van der Waals surface area contributed by atoms with Crippen LogP contribution in [0.4, 0.5) is 5.69 Å². The summed E-state index contributed by atoms with van der Waals surface area (Å²) in [6, 6.07) is 15.0. The van der Waals surface area contributed by atoms with E-state index in [2.05, 4.69) is 34.7 Å². The number of amides is 2. The highest BCUT2D eigenvalue weighted by molar-refractivity contribution is 7.99. The van der Waals surface area contributed by atoms with Crippen molar-refractivity contribution in [2.75, 3.05) is 11.1 Å². The van der Waals surface area contributed by atoms with Gasteiger partial charge in [-0.05, 0) is 50.5 Å². The van der Waals surface area contributed by atoms with Gasteiger partial charge in [-0.25, -0.2) is 0 Å². The molecule has 0 fully saturated rings. The molecule has 2 aromatic carbocycles. The molecule has 1 atom stereocenters. The first-order valence-corrected chi connectivity index (χ1v) is 12.1. The third kappa shape index (κ3) is 6.22. The van der Waals surface area contributed by atoms with Crippen LogP contribution in [0.2, 0.25) is 0 Å². The summed E-state index contributed by atoms with van der Waals surface area (Å²) < 4.78 is 1.93. The Balaban J connectivity index is 1.64. The zero-order chi connectivity index (χ0) is 24.0. The van der Waals surface area contributed by atoms with Gasteiger partial charge in [0, 0.05) is 17.8 Å². The van der Waals surface area contributed by atoms with E-state index in [1.54, 1.807) is 6.07 Å². The molecule has 0 saturated heterocycles. The first kappa shape index (κ1) is 24.5. The maximum atomic E-state index is 12.6. The maximum absolute atomic E-state index is 12.6. The zero-order valence-corrected chi connectivity index (χ0v) is 20.6. The molecule has 0 aliphatic heterocycles. The van der Waals surface area contributed by atoms with Gasteiger partial charge in [-0.1, -0.05) is 61.5 Å². The number of aromatic nitrogens is 3. The van der Waals surface area contributed by atoms with E-state index in [0.29, 0.717) is 29.0 Å². The zero-order valence-electron chi connectivity index (χ0n) is 19.8. The van der Waals surface area contributed by atoms with Gasteiger partial charge in [-0.2, -0.15) is 0 Å². The highest BCUT2D eigenvalue weighted by atomic mass is 32.2. The van der Waals surface area contributed by atoms with Gasteiger partial charge in [0.05, 0.1) is 11.8 Å². The van der Waals surface area contributed by atoms with Gasteiger partial charge >= 0.3 is 0 Å². The number of carbonyl (C=O) groups is 2. The van der Waals surface area contributed by atoms with E-state index in [1.165, 1.54) is 11.8 Å². The molecular weight excluding hydrogens is 434 g/mol. The Morgan fingerprint density at radius 1 is 1.06 bits per heavy atom. The average molecular weight is 466 g/mol. The molecule has 33 heavy (non-hydrogen) atoms. The van der Waals surface area contributed by atoms with Crippen LogP contribution in [0, 0.1) is 6.92 Å². The van der Waals surface area contributed by atoms with Gasteiger partial charge in [0.15, 0.2) is 11.0 Å². The molecule has 8 heteroatoms. The summed E-state index contributed by atoms with van der Waals surface area (Å²) in [6.07, 6.45) is 0. The van der Waals surface area contributed by atoms with Crippen LogP contribution < -0.4 is 10.6 Å². The minimum Gasteiger partial charge on any atom is -0.342 e. The number of para-hydroxylation sites is 1. The minimum absolute atomic E-state index is 0.0962. The van der Waals surface area contributed by atoms with Crippen molar-refractivity contribution in [3.63, 3.8) is 0 Å². The van der Waals surface area contributed by atoms with Crippen LogP contribution in [0.3, 0.4) is 0 Å². The minimum atomic E-state index is -0.327. The summed E-state index contributed by atoms with van der Waals surface area (Å²) in [5, 5.41) is 15.2. The maximum Gasteiger partial charge on any atom is 0.251 e. The second kappa shape index (κ2) is 11.1. The fraction of sp³-hybridized carbons (Fsp3) is 0.360.